The Balaban J connectivity index is 2.23. The molecule has 1 aromatic rings. The van der Waals surface area contributed by atoms with Gasteiger partial charge in [-0.3, -0.25) is 4.79 Å². The van der Waals surface area contributed by atoms with Crippen molar-refractivity contribution in [2.45, 2.75) is 32.9 Å². The van der Waals surface area contributed by atoms with Crippen LogP contribution in [0.5, 0.6) is 5.75 Å². The Kier molecular flexibility index (Phi) is 3.09. The first-order valence-corrected chi connectivity index (χ1v) is 6.02. The molecule has 0 radical (unpaired) electrons. The van der Waals surface area contributed by atoms with Gasteiger partial charge in [0, 0.05) is 6.04 Å². The van der Waals surface area contributed by atoms with E-state index in [1.54, 1.807) is 7.11 Å². The molecule has 92 valence electrons. The summed E-state index contributed by atoms with van der Waals surface area (Å²) in [7, 11) is 1.66. The van der Waals surface area contributed by atoms with Gasteiger partial charge >= 0.3 is 0 Å². The number of ether oxygens (including phenoxy) is 1. The van der Waals surface area contributed by atoms with E-state index in [-0.39, 0.29) is 23.9 Å². The Bertz CT molecular complexity index is 411. The van der Waals surface area contributed by atoms with Gasteiger partial charge in [0.1, 0.15) is 5.75 Å². The maximum absolute atomic E-state index is 11.8. The molecule has 1 heterocycles. The van der Waals surface area contributed by atoms with Crippen LogP contribution in [0.15, 0.2) is 24.3 Å². The summed E-state index contributed by atoms with van der Waals surface area (Å²) in [5, 5.41) is 0. The molecule has 17 heavy (non-hydrogen) atoms. The van der Waals surface area contributed by atoms with Crippen LogP contribution in [0, 0.1) is 5.92 Å². The minimum Gasteiger partial charge on any atom is -0.497 e. The van der Waals surface area contributed by atoms with Crippen LogP contribution < -0.4 is 4.74 Å². The molecule has 3 heteroatoms. The average Bonchev–Trinajstić information content (AvgIpc) is 2.34. The molecule has 1 saturated heterocycles. The highest BCUT2D eigenvalue weighted by Crippen LogP contribution is 2.41. The molecule has 0 unspecified atom stereocenters. The Morgan fingerprint density at radius 3 is 2.29 bits per heavy atom. The van der Waals surface area contributed by atoms with Crippen LogP contribution in [0.1, 0.15) is 32.4 Å². The Morgan fingerprint density at radius 1 is 1.24 bits per heavy atom. The summed E-state index contributed by atoms with van der Waals surface area (Å²) in [5.41, 5.74) is 1.19. The fraction of sp³-hybridized carbons (Fsp3) is 0.500. The summed E-state index contributed by atoms with van der Waals surface area (Å²) >= 11 is 0. The van der Waals surface area contributed by atoms with Gasteiger partial charge in [0.2, 0.25) is 5.91 Å². The van der Waals surface area contributed by atoms with Crippen LogP contribution >= 0.6 is 0 Å². The molecule has 0 aliphatic carbocycles. The molecule has 1 aromatic carbocycles. The van der Waals surface area contributed by atoms with Gasteiger partial charge in [0.25, 0.3) is 0 Å². The second kappa shape index (κ2) is 4.40. The largest absolute Gasteiger partial charge is 0.497 e. The highest BCUT2D eigenvalue weighted by atomic mass is 16.5. The van der Waals surface area contributed by atoms with Crippen LogP contribution in [-0.2, 0) is 4.79 Å². The number of hydrogen-bond acceptors (Lipinski definition) is 2. The van der Waals surface area contributed by atoms with Crippen molar-refractivity contribution in [1.29, 1.82) is 0 Å². The van der Waals surface area contributed by atoms with Gasteiger partial charge in [0.15, 0.2) is 0 Å². The minimum atomic E-state index is 0.0887. The molecule has 1 amide bonds. The minimum absolute atomic E-state index is 0.0887. The van der Waals surface area contributed by atoms with Crippen molar-refractivity contribution in [3.63, 3.8) is 0 Å². The summed E-state index contributed by atoms with van der Waals surface area (Å²) in [6.45, 7) is 6.11. The van der Waals surface area contributed by atoms with Crippen LogP contribution in [0.25, 0.3) is 0 Å². The van der Waals surface area contributed by atoms with E-state index >= 15 is 0 Å². The monoisotopic (exact) mass is 233 g/mol. The van der Waals surface area contributed by atoms with Gasteiger partial charge in [-0.15, -0.1) is 0 Å². The van der Waals surface area contributed by atoms with Gasteiger partial charge < -0.3 is 9.64 Å². The summed E-state index contributed by atoms with van der Waals surface area (Å²) in [5.74, 6) is 1.19. The lowest BCUT2D eigenvalue weighted by Gasteiger charge is -2.48. The Hall–Kier alpha value is -1.51. The zero-order valence-corrected chi connectivity index (χ0v) is 10.8. The van der Waals surface area contributed by atoms with Crippen molar-refractivity contribution < 1.29 is 9.53 Å². The lowest BCUT2D eigenvalue weighted by molar-refractivity contribution is -0.158. The first-order valence-electron chi connectivity index (χ1n) is 6.02. The first kappa shape index (κ1) is 12.0. The standard InChI is InChI=1S/C14H19NO2/c1-9(2)15-13(10(3)14(15)16)11-5-7-12(17-4)8-6-11/h5-10,13H,1-4H3/t10-,13-/m1/s1. The van der Waals surface area contributed by atoms with E-state index < -0.39 is 0 Å². The Morgan fingerprint density at radius 2 is 1.82 bits per heavy atom. The molecule has 0 saturated carbocycles. The van der Waals surface area contributed by atoms with Gasteiger partial charge in [-0.1, -0.05) is 19.1 Å². The van der Waals surface area contributed by atoms with Crippen LogP contribution in [-0.4, -0.2) is 24.0 Å². The van der Waals surface area contributed by atoms with Crippen molar-refractivity contribution >= 4 is 5.91 Å². The fourth-order valence-electron chi connectivity index (χ4n) is 2.49. The fourth-order valence-corrected chi connectivity index (χ4v) is 2.49. The van der Waals surface area contributed by atoms with Gasteiger partial charge in [-0.05, 0) is 31.5 Å². The predicted octanol–water partition coefficient (Wildman–Crippen LogP) is 2.62. The molecule has 0 aromatic heterocycles. The van der Waals surface area contributed by atoms with Crippen LogP contribution in [0.3, 0.4) is 0 Å². The number of carbonyl (C=O) groups excluding carboxylic acids is 1. The highest BCUT2D eigenvalue weighted by Gasteiger charge is 2.45. The molecular formula is C14H19NO2. The van der Waals surface area contributed by atoms with E-state index in [1.807, 2.05) is 36.1 Å². The van der Waals surface area contributed by atoms with Crippen molar-refractivity contribution in [2.75, 3.05) is 7.11 Å². The van der Waals surface area contributed by atoms with Gasteiger partial charge in [-0.25, -0.2) is 0 Å². The highest BCUT2D eigenvalue weighted by molar-refractivity contribution is 5.86. The zero-order valence-electron chi connectivity index (χ0n) is 10.8. The first-order chi connectivity index (χ1) is 8.06. The predicted molar refractivity (Wildman–Crippen MR) is 66.9 cm³/mol. The van der Waals surface area contributed by atoms with E-state index in [2.05, 4.69) is 13.8 Å². The summed E-state index contributed by atoms with van der Waals surface area (Å²) < 4.78 is 5.14. The van der Waals surface area contributed by atoms with Crippen molar-refractivity contribution in [3.05, 3.63) is 29.8 Å². The molecule has 3 nitrogen and oxygen atoms in total. The molecule has 0 spiro atoms. The average molecular weight is 233 g/mol. The number of amides is 1. The van der Waals surface area contributed by atoms with E-state index in [9.17, 15) is 4.79 Å². The number of carbonyl (C=O) groups is 1. The van der Waals surface area contributed by atoms with E-state index in [4.69, 9.17) is 4.74 Å². The summed E-state index contributed by atoms with van der Waals surface area (Å²) in [4.78, 5) is 13.8. The molecule has 0 bridgehead atoms. The number of nitrogens with zero attached hydrogens (tertiary/aromatic N) is 1. The second-order valence-corrected chi connectivity index (χ2v) is 4.85. The van der Waals surface area contributed by atoms with Crippen molar-refractivity contribution in [3.8, 4) is 5.75 Å². The van der Waals surface area contributed by atoms with Crippen molar-refractivity contribution in [1.82, 2.24) is 4.90 Å². The topological polar surface area (TPSA) is 29.5 Å². The Labute approximate surface area is 102 Å². The number of methoxy groups -OCH3 is 1. The molecule has 2 rings (SSSR count). The number of hydrogen-bond donors (Lipinski definition) is 0. The maximum Gasteiger partial charge on any atom is 0.228 e. The number of rotatable bonds is 3. The molecular weight excluding hydrogens is 214 g/mol. The van der Waals surface area contributed by atoms with Crippen molar-refractivity contribution in [2.24, 2.45) is 5.92 Å². The van der Waals surface area contributed by atoms with E-state index in [0.717, 1.165) is 5.75 Å². The SMILES string of the molecule is COc1ccc([C@H]2[C@@H](C)C(=O)N2C(C)C)cc1. The lowest BCUT2D eigenvalue weighted by atomic mass is 9.82. The maximum atomic E-state index is 11.8. The molecule has 1 fully saturated rings. The molecule has 0 N–H and O–H groups in total. The van der Waals surface area contributed by atoms with E-state index in [0.29, 0.717) is 0 Å². The van der Waals surface area contributed by atoms with Crippen LogP contribution in [0.4, 0.5) is 0 Å². The van der Waals surface area contributed by atoms with Crippen LogP contribution in [0.2, 0.25) is 0 Å². The number of β-lactam (4-membered cyclic amide) rings is 1. The second-order valence-electron chi connectivity index (χ2n) is 4.85. The summed E-state index contributed by atoms with van der Waals surface area (Å²) in [6.07, 6.45) is 0. The smallest absolute Gasteiger partial charge is 0.228 e. The lowest BCUT2D eigenvalue weighted by Crippen LogP contribution is -2.56. The quantitative estimate of drug-likeness (QED) is 0.751. The number of benzene rings is 1. The normalized spacial score (nSPS) is 23.8. The van der Waals surface area contributed by atoms with Gasteiger partial charge in [-0.2, -0.15) is 0 Å². The third-order valence-electron chi connectivity index (χ3n) is 3.43. The van der Waals surface area contributed by atoms with E-state index in [1.165, 1.54) is 5.56 Å². The number of likely N-dealkylation sites (tertiary alicyclic amines) is 1. The zero-order chi connectivity index (χ0) is 12.6. The molecule has 1 aliphatic rings. The molecule has 2 atom stereocenters. The third-order valence-corrected chi connectivity index (χ3v) is 3.43. The third kappa shape index (κ3) is 1.90. The molecule has 1 aliphatic heterocycles. The van der Waals surface area contributed by atoms with Gasteiger partial charge in [0.05, 0.1) is 19.1 Å². The summed E-state index contributed by atoms with van der Waals surface area (Å²) in [6, 6.07) is 8.45.